The molecule has 2 N–H and O–H groups in total. The van der Waals surface area contributed by atoms with Crippen LogP contribution in [0.2, 0.25) is 0 Å². The second-order valence-electron chi connectivity index (χ2n) is 39.8. The molecule has 8 bridgehead atoms. The largest absolute Gasteiger partial charge is 0.456 e. The van der Waals surface area contributed by atoms with E-state index in [0.29, 0.717) is 0 Å². The summed E-state index contributed by atoms with van der Waals surface area (Å²) in [5.41, 5.74) is 28.9. The number of ether oxygens (including phenoxy) is 4. The van der Waals surface area contributed by atoms with Crippen LogP contribution in [0.25, 0.3) is 174 Å². The first-order chi connectivity index (χ1) is 56.9. The van der Waals surface area contributed by atoms with Gasteiger partial charge in [0.05, 0.1) is 33.1 Å². The fourth-order valence-electron chi connectivity index (χ4n) is 20.9. The van der Waals surface area contributed by atoms with Gasteiger partial charge in [0.15, 0.2) is 0 Å². The molecule has 5 heterocycles. The van der Waals surface area contributed by atoms with Gasteiger partial charge in [0.1, 0.15) is 46.0 Å². The van der Waals surface area contributed by atoms with Crippen LogP contribution in [-0.2, 0) is 21.7 Å². The molecule has 0 radical (unpaired) electrons. The lowest BCUT2D eigenvalue weighted by Crippen LogP contribution is -2.16. The number of nitrogens with zero attached hydrogens (tertiary/aromatic N) is 2. The van der Waals surface area contributed by atoms with Crippen molar-refractivity contribution in [2.24, 2.45) is 0 Å². The third-order valence-electron chi connectivity index (χ3n) is 26.4. The smallest absolute Gasteiger partial charge is 0.135 e. The number of aryl methyl sites for hydroxylation is 12. The van der Waals surface area contributed by atoms with Crippen molar-refractivity contribution in [3.63, 3.8) is 0 Å². The molecule has 21 aromatic rings. The lowest BCUT2D eigenvalue weighted by Gasteiger charge is -2.26. The Kier molecular flexibility index (Phi) is 15.9. The second-order valence-corrected chi connectivity index (χ2v) is 39.8. The van der Waals surface area contributed by atoms with E-state index < -0.39 is 0 Å². The van der Waals surface area contributed by atoms with Gasteiger partial charge < -0.3 is 28.9 Å². The van der Waals surface area contributed by atoms with E-state index in [1.807, 2.05) is 0 Å². The summed E-state index contributed by atoms with van der Waals surface area (Å²) >= 11 is 0. The third kappa shape index (κ3) is 11.3. The molecule has 5 aromatic heterocycles. The molecule has 0 saturated heterocycles. The first-order valence-electron chi connectivity index (χ1n) is 42.7. The minimum absolute atomic E-state index is 0.230. The third-order valence-corrected chi connectivity index (χ3v) is 26.4. The number of fused-ring (bicyclic) bond motifs is 8. The van der Waals surface area contributed by atoms with Gasteiger partial charge in [0.2, 0.25) is 0 Å². The topological polar surface area (TPSA) is 94.3 Å². The van der Waals surface area contributed by atoms with Gasteiger partial charge in [-0.2, -0.15) is 0 Å². The van der Waals surface area contributed by atoms with E-state index in [-0.39, 0.29) is 21.7 Å². The predicted octanol–water partition coefficient (Wildman–Crippen LogP) is 32.4. The molecule has 0 spiro atoms. The summed E-state index contributed by atoms with van der Waals surface area (Å²) in [7, 11) is 0. The molecule has 594 valence electrons. The van der Waals surface area contributed by atoms with E-state index in [1.165, 1.54) is 44.5 Å². The number of nitrogens with one attached hydrogen (secondary N) is 2. The SMILES string of the molecule is Cc1cc(C)c(Oc2ccc3c4cc5nc4c4c6[nH]c(cc6c6ccc(Oc7c(C)cc(C)cc7C)c7cc2c3c4c76)c(-c2cc(C(C)(C)C)cc(C(C)(C)C)c2)c2cc3c4ccc(Oc6c(C)cc(C)cc6C)c6cc7c(Oc8c(C)cc(C)cc8C)ccc8c9cc([nH]c9c(c3n2)c(c64)c78)c5-c2cc(C(C)(C)C)cc(C(C)(C)C)c2)c(C)c1. The van der Waals surface area contributed by atoms with Crippen molar-refractivity contribution in [1.29, 1.82) is 0 Å². The molecule has 16 aromatic carbocycles. The Morgan fingerprint density at radius 1 is 0.233 bits per heavy atom. The highest BCUT2D eigenvalue weighted by Gasteiger charge is 2.33. The molecule has 0 aliphatic heterocycles. The number of rotatable bonds is 10. The molecule has 0 saturated carbocycles. The van der Waals surface area contributed by atoms with Crippen molar-refractivity contribution < 1.29 is 18.9 Å². The molecular weight excluding hydrogens is 1470 g/mol. The van der Waals surface area contributed by atoms with E-state index in [2.05, 4.69) is 346 Å². The molecule has 0 aliphatic carbocycles. The summed E-state index contributed by atoms with van der Waals surface area (Å²) in [5, 5.41) is 21.1. The zero-order valence-electron chi connectivity index (χ0n) is 73.7. The summed E-state index contributed by atoms with van der Waals surface area (Å²) in [6, 6.07) is 65.1. The highest BCUT2D eigenvalue weighted by molar-refractivity contribution is 6.47. The number of hydrogen-bond acceptors (Lipinski definition) is 6. The Bertz CT molecular complexity index is 7060. The Labute approximate surface area is 701 Å². The first kappa shape index (κ1) is 75.0. The predicted molar refractivity (Wildman–Crippen MR) is 509 cm³/mol. The summed E-state index contributed by atoms with van der Waals surface area (Å²) in [6.45, 7) is 54.1. The fraction of sp³-hybridized carbons (Fsp3) is 0.250. The van der Waals surface area contributed by atoms with Crippen LogP contribution in [0.4, 0.5) is 0 Å². The van der Waals surface area contributed by atoms with Crippen LogP contribution in [0.1, 0.15) is 172 Å². The molecule has 8 heteroatoms. The summed E-state index contributed by atoms with van der Waals surface area (Å²) < 4.78 is 30.1. The average Bonchev–Trinajstić information content (AvgIpc) is 1.38. The zero-order chi connectivity index (χ0) is 83.8. The number of H-pyrrole nitrogens is 2. The lowest BCUT2D eigenvalue weighted by molar-refractivity contribution is 0.479. The van der Waals surface area contributed by atoms with Crippen LogP contribution in [0, 0.1) is 83.1 Å². The number of aromatic nitrogens is 4. The highest BCUT2D eigenvalue weighted by atomic mass is 16.5. The van der Waals surface area contributed by atoms with Crippen LogP contribution < -0.4 is 18.9 Å². The molecule has 8 nitrogen and oxygen atoms in total. The summed E-state index contributed by atoms with van der Waals surface area (Å²) in [5.74, 6) is 6.45. The van der Waals surface area contributed by atoms with Gasteiger partial charge in [-0.1, -0.05) is 190 Å². The van der Waals surface area contributed by atoms with Crippen molar-refractivity contribution in [2.45, 2.75) is 188 Å². The van der Waals surface area contributed by atoms with Gasteiger partial charge in [0, 0.05) is 108 Å². The summed E-state index contributed by atoms with van der Waals surface area (Å²) in [4.78, 5) is 21.7. The maximum absolute atomic E-state index is 7.51. The molecular formula is C112H102N4O4. The number of hydrogen-bond donors (Lipinski definition) is 2. The molecule has 120 heavy (non-hydrogen) atoms. The van der Waals surface area contributed by atoms with E-state index >= 15 is 0 Å². The van der Waals surface area contributed by atoms with E-state index in [4.69, 9.17) is 28.9 Å². The summed E-state index contributed by atoms with van der Waals surface area (Å²) in [6.07, 6.45) is 0. The molecule has 0 unspecified atom stereocenters. The van der Waals surface area contributed by atoms with Crippen molar-refractivity contribution >= 4 is 152 Å². The van der Waals surface area contributed by atoms with Crippen molar-refractivity contribution in [1.82, 2.24) is 19.9 Å². The maximum atomic E-state index is 7.51. The average molecular weight is 1570 g/mol. The molecule has 0 aliphatic rings. The Balaban J connectivity index is 1.03. The monoisotopic (exact) mass is 1570 g/mol. The maximum Gasteiger partial charge on any atom is 0.135 e. The number of aromatic amines is 2. The first-order valence-corrected chi connectivity index (χ1v) is 42.7. The van der Waals surface area contributed by atoms with Gasteiger partial charge in [0.25, 0.3) is 0 Å². The standard InChI is InChI=1S/C112H102N4O4/c1-53-33-57(5)105(58(6)34-53)117-87-29-25-71-75-49-83-91(65-41-67(109(13,14)15)45-68(42-65)110(16,17)18)85-51-77-73-27-31-89(119-107-61(9)37-55(3)38-62(107)10)81-48-82-90(120-108-63(11)39-56(4)40-64(108)12)32-28-74-78-52-86(116-104(78)100(103(77)115-85)98(95(73)81)96(74)82)92(66-43-69(111(19,20)21)46-70(44-66)112(22,23)24)84-50-76-72-26-30-88(118-106-59(7)35-54(2)36-60(106)8)80-47-79(87)93(71)97(94(72)80)99(101(75)113-83)102(76)114-84/h25-52,113,116H,1-24H3. The van der Waals surface area contributed by atoms with E-state index in [9.17, 15) is 0 Å². The zero-order valence-corrected chi connectivity index (χ0v) is 73.7. The van der Waals surface area contributed by atoms with Gasteiger partial charge in [-0.05, 0) is 289 Å². The Morgan fingerprint density at radius 2 is 0.483 bits per heavy atom. The molecule has 0 atom stereocenters. The normalized spacial score (nSPS) is 13.0. The lowest BCUT2D eigenvalue weighted by atomic mass is 9.79. The Hall–Kier alpha value is -12.5. The van der Waals surface area contributed by atoms with Crippen molar-refractivity contribution in [3.05, 3.63) is 259 Å². The van der Waals surface area contributed by atoms with Gasteiger partial charge in [-0.25, -0.2) is 9.97 Å². The van der Waals surface area contributed by atoms with Crippen LogP contribution >= 0.6 is 0 Å². The molecule has 0 fully saturated rings. The van der Waals surface area contributed by atoms with Crippen LogP contribution in [0.15, 0.2) is 170 Å². The minimum atomic E-state index is -0.230. The Morgan fingerprint density at radius 3 is 0.733 bits per heavy atom. The molecule has 0 amide bonds. The fourth-order valence-corrected chi connectivity index (χ4v) is 20.9. The van der Waals surface area contributed by atoms with Crippen molar-refractivity contribution in [2.75, 3.05) is 0 Å². The van der Waals surface area contributed by atoms with Crippen molar-refractivity contribution in [3.8, 4) is 68.2 Å². The van der Waals surface area contributed by atoms with E-state index in [0.717, 1.165) is 265 Å². The highest BCUT2D eigenvalue weighted by Crippen LogP contribution is 2.58. The van der Waals surface area contributed by atoms with E-state index in [1.54, 1.807) is 0 Å². The van der Waals surface area contributed by atoms with Crippen LogP contribution in [0.3, 0.4) is 0 Å². The molecule has 21 rings (SSSR count). The van der Waals surface area contributed by atoms with Gasteiger partial charge >= 0.3 is 0 Å². The quantitative estimate of drug-likeness (QED) is 0.105. The number of benzene rings is 16. The van der Waals surface area contributed by atoms with Gasteiger partial charge in [-0.3, -0.25) is 0 Å². The van der Waals surface area contributed by atoms with Gasteiger partial charge in [-0.15, -0.1) is 0 Å². The minimum Gasteiger partial charge on any atom is -0.456 e. The second kappa shape index (κ2) is 25.5. The van der Waals surface area contributed by atoms with Crippen LogP contribution in [0.5, 0.6) is 46.0 Å². The van der Waals surface area contributed by atoms with Crippen LogP contribution in [-0.4, -0.2) is 19.9 Å².